The molecule has 0 saturated carbocycles. The SMILES string of the molecule is CCCC(C)(N)C(=O)Nc1ccc(-c2cn3cccc(C)c3n2)cc1.Cl.Cl. The van der Waals surface area contributed by atoms with Crippen molar-refractivity contribution in [1.82, 2.24) is 9.38 Å². The molecule has 1 atom stereocenters. The minimum atomic E-state index is -0.855. The van der Waals surface area contributed by atoms with Crippen molar-refractivity contribution in [1.29, 1.82) is 0 Å². The highest BCUT2D eigenvalue weighted by atomic mass is 35.5. The van der Waals surface area contributed by atoms with Crippen LogP contribution in [-0.4, -0.2) is 20.8 Å². The standard InChI is InChI=1S/C20H24N4O.2ClH/c1-4-11-20(3,21)19(25)22-16-9-7-15(8-10-16)17-13-24-12-5-6-14(2)18(24)23-17;;/h5-10,12-13H,4,11,21H2,1-3H3,(H,22,25);2*1H. The number of fused-ring (bicyclic) bond motifs is 1. The molecule has 0 aliphatic heterocycles. The minimum absolute atomic E-state index is 0. The minimum Gasteiger partial charge on any atom is -0.325 e. The van der Waals surface area contributed by atoms with Gasteiger partial charge in [-0.05, 0) is 44.0 Å². The molecule has 0 fully saturated rings. The van der Waals surface area contributed by atoms with Crippen molar-refractivity contribution in [3.63, 3.8) is 0 Å². The van der Waals surface area contributed by atoms with Crippen molar-refractivity contribution in [2.45, 2.75) is 39.2 Å². The largest absolute Gasteiger partial charge is 0.325 e. The van der Waals surface area contributed by atoms with Crippen molar-refractivity contribution in [2.24, 2.45) is 5.73 Å². The molecule has 3 N–H and O–H groups in total. The highest BCUT2D eigenvalue weighted by molar-refractivity contribution is 5.97. The van der Waals surface area contributed by atoms with E-state index in [1.54, 1.807) is 6.92 Å². The predicted octanol–water partition coefficient (Wildman–Crippen LogP) is 4.61. The molecule has 0 saturated heterocycles. The van der Waals surface area contributed by atoms with Crippen LogP contribution in [0.1, 0.15) is 32.3 Å². The second kappa shape index (κ2) is 9.22. The molecule has 0 aliphatic carbocycles. The van der Waals surface area contributed by atoms with Gasteiger partial charge in [0, 0.05) is 23.6 Å². The molecule has 0 spiro atoms. The molecular formula is C20H26Cl2N4O. The number of carbonyl (C=O) groups is 1. The van der Waals surface area contributed by atoms with Gasteiger partial charge in [0.25, 0.3) is 0 Å². The molecular weight excluding hydrogens is 383 g/mol. The maximum atomic E-state index is 12.3. The van der Waals surface area contributed by atoms with E-state index < -0.39 is 5.54 Å². The Morgan fingerprint density at radius 3 is 2.48 bits per heavy atom. The molecule has 5 nitrogen and oxygen atoms in total. The zero-order valence-electron chi connectivity index (χ0n) is 15.7. The van der Waals surface area contributed by atoms with Crippen LogP contribution in [0.5, 0.6) is 0 Å². The number of aromatic nitrogens is 2. The van der Waals surface area contributed by atoms with Crippen LogP contribution < -0.4 is 11.1 Å². The number of benzene rings is 1. The third-order valence-electron chi connectivity index (χ3n) is 4.40. The molecule has 2 aromatic heterocycles. The summed E-state index contributed by atoms with van der Waals surface area (Å²) < 4.78 is 2.02. The lowest BCUT2D eigenvalue weighted by atomic mass is 9.96. The molecule has 27 heavy (non-hydrogen) atoms. The van der Waals surface area contributed by atoms with Crippen LogP contribution in [0.4, 0.5) is 5.69 Å². The zero-order chi connectivity index (χ0) is 18.0. The highest BCUT2D eigenvalue weighted by Crippen LogP contribution is 2.23. The Bertz CT molecular complexity index is 904. The second-order valence-electron chi connectivity index (χ2n) is 6.75. The van der Waals surface area contributed by atoms with E-state index in [4.69, 9.17) is 10.7 Å². The van der Waals surface area contributed by atoms with Gasteiger partial charge in [0.2, 0.25) is 5.91 Å². The average Bonchev–Trinajstić information content (AvgIpc) is 3.01. The van der Waals surface area contributed by atoms with Crippen molar-refractivity contribution < 1.29 is 4.79 Å². The molecule has 7 heteroatoms. The molecule has 146 valence electrons. The van der Waals surface area contributed by atoms with E-state index in [-0.39, 0.29) is 30.7 Å². The Hall–Kier alpha value is -2.08. The number of amides is 1. The molecule has 1 aromatic carbocycles. The number of halogens is 2. The summed E-state index contributed by atoms with van der Waals surface area (Å²) in [5.74, 6) is -0.162. The number of hydrogen-bond donors (Lipinski definition) is 2. The van der Waals surface area contributed by atoms with Gasteiger partial charge in [0.1, 0.15) is 5.65 Å². The smallest absolute Gasteiger partial charge is 0.244 e. The fourth-order valence-electron chi connectivity index (χ4n) is 2.92. The maximum absolute atomic E-state index is 12.3. The summed E-state index contributed by atoms with van der Waals surface area (Å²) >= 11 is 0. The van der Waals surface area contributed by atoms with E-state index in [2.05, 4.69) is 5.32 Å². The van der Waals surface area contributed by atoms with E-state index in [0.29, 0.717) is 6.42 Å². The summed E-state index contributed by atoms with van der Waals surface area (Å²) in [7, 11) is 0. The Balaban J connectivity index is 0.00000182. The Labute approximate surface area is 172 Å². The van der Waals surface area contributed by atoms with Crippen LogP contribution in [0.3, 0.4) is 0 Å². The molecule has 3 aromatic rings. The van der Waals surface area contributed by atoms with Gasteiger partial charge in [-0.25, -0.2) is 4.98 Å². The third-order valence-corrected chi connectivity index (χ3v) is 4.40. The van der Waals surface area contributed by atoms with E-state index in [9.17, 15) is 4.79 Å². The summed E-state index contributed by atoms with van der Waals surface area (Å²) in [6.07, 6.45) is 5.52. The number of pyridine rings is 1. The Morgan fingerprint density at radius 2 is 1.89 bits per heavy atom. The predicted molar refractivity (Wildman–Crippen MR) is 116 cm³/mol. The van der Waals surface area contributed by atoms with Crippen LogP contribution >= 0.6 is 24.8 Å². The first-order valence-electron chi connectivity index (χ1n) is 8.56. The van der Waals surface area contributed by atoms with Gasteiger partial charge in [-0.15, -0.1) is 24.8 Å². The fourth-order valence-corrected chi connectivity index (χ4v) is 2.92. The molecule has 0 radical (unpaired) electrons. The van der Waals surface area contributed by atoms with Gasteiger partial charge >= 0.3 is 0 Å². The Morgan fingerprint density at radius 1 is 1.22 bits per heavy atom. The lowest BCUT2D eigenvalue weighted by molar-refractivity contribution is -0.120. The monoisotopic (exact) mass is 408 g/mol. The maximum Gasteiger partial charge on any atom is 0.244 e. The summed E-state index contributed by atoms with van der Waals surface area (Å²) in [4.78, 5) is 17.0. The first kappa shape index (κ1) is 23.0. The van der Waals surface area contributed by atoms with Gasteiger partial charge in [-0.3, -0.25) is 4.79 Å². The van der Waals surface area contributed by atoms with Gasteiger partial charge in [0.05, 0.1) is 11.2 Å². The topological polar surface area (TPSA) is 72.4 Å². The second-order valence-corrected chi connectivity index (χ2v) is 6.75. The fraction of sp³-hybridized carbons (Fsp3) is 0.300. The van der Waals surface area contributed by atoms with Crippen molar-refractivity contribution in [3.8, 4) is 11.3 Å². The van der Waals surface area contributed by atoms with E-state index in [0.717, 1.165) is 34.6 Å². The number of rotatable bonds is 5. The van der Waals surface area contributed by atoms with Gasteiger partial charge in [-0.2, -0.15) is 0 Å². The normalized spacial score (nSPS) is 12.6. The van der Waals surface area contributed by atoms with Gasteiger partial charge in [-0.1, -0.05) is 31.5 Å². The number of nitrogens with two attached hydrogens (primary N) is 1. The number of hydrogen-bond acceptors (Lipinski definition) is 3. The third kappa shape index (κ3) is 5.01. The van der Waals surface area contributed by atoms with Crippen molar-refractivity contribution in [3.05, 3.63) is 54.4 Å². The van der Waals surface area contributed by atoms with E-state index >= 15 is 0 Å². The average molecular weight is 409 g/mol. The van der Waals surface area contributed by atoms with Crippen LogP contribution in [-0.2, 0) is 4.79 Å². The van der Waals surface area contributed by atoms with E-state index in [1.807, 2.05) is 67.0 Å². The lowest BCUT2D eigenvalue weighted by Crippen LogP contribution is -2.48. The zero-order valence-corrected chi connectivity index (χ0v) is 17.4. The molecule has 0 aliphatic rings. The number of nitrogens with one attached hydrogen (secondary N) is 1. The summed E-state index contributed by atoms with van der Waals surface area (Å²) in [6, 6.07) is 11.7. The van der Waals surface area contributed by atoms with Gasteiger partial charge in [0.15, 0.2) is 0 Å². The van der Waals surface area contributed by atoms with Gasteiger partial charge < -0.3 is 15.5 Å². The molecule has 1 unspecified atom stereocenters. The number of aryl methyl sites for hydroxylation is 1. The van der Waals surface area contributed by atoms with Crippen LogP contribution in [0.15, 0.2) is 48.8 Å². The number of imidazole rings is 1. The summed E-state index contributed by atoms with van der Waals surface area (Å²) in [6.45, 7) is 5.83. The van der Waals surface area contributed by atoms with Crippen LogP contribution in [0.25, 0.3) is 16.9 Å². The lowest BCUT2D eigenvalue weighted by Gasteiger charge is -2.22. The molecule has 3 rings (SSSR count). The summed E-state index contributed by atoms with van der Waals surface area (Å²) in [5, 5.41) is 2.89. The molecule has 2 heterocycles. The molecule has 1 amide bonds. The van der Waals surface area contributed by atoms with Crippen molar-refractivity contribution >= 4 is 42.1 Å². The number of nitrogens with zero attached hydrogens (tertiary/aromatic N) is 2. The molecule has 0 bridgehead atoms. The van der Waals surface area contributed by atoms with Crippen molar-refractivity contribution in [2.75, 3.05) is 5.32 Å². The summed E-state index contributed by atoms with van der Waals surface area (Å²) in [5.41, 5.74) is 9.95. The quantitative estimate of drug-likeness (QED) is 0.647. The Kier molecular flexibility index (Phi) is 7.84. The van der Waals surface area contributed by atoms with Crippen LogP contribution in [0.2, 0.25) is 0 Å². The van der Waals surface area contributed by atoms with E-state index in [1.165, 1.54) is 0 Å². The number of anilines is 1. The van der Waals surface area contributed by atoms with Crippen LogP contribution in [0, 0.1) is 6.92 Å². The first-order valence-corrected chi connectivity index (χ1v) is 8.56. The highest BCUT2D eigenvalue weighted by Gasteiger charge is 2.27. The number of carbonyl (C=O) groups excluding carboxylic acids is 1. The first-order chi connectivity index (χ1) is 11.9.